The minimum Gasteiger partial charge on any atom is -0.450 e. The molecule has 0 spiro atoms. The monoisotopic (exact) mass is 491 g/mol. The molecule has 0 saturated carbocycles. The van der Waals surface area contributed by atoms with Gasteiger partial charge in [0.1, 0.15) is 0 Å². The quantitative estimate of drug-likeness (QED) is 0.506. The van der Waals surface area contributed by atoms with Gasteiger partial charge < -0.3 is 15.4 Å². The smallest absolute Gasteiger partial charge is 0.409 e. The Bertz CT molecular complexity index is 996. The van der Waals surface area contributed by atoms with Gasteiger partial charge in [-0.3, -0.25) is 4.98 Å². The molecule has 1 amide bonds. The normalized spacial score (nSPS) is 15.6. The van der Waals surface area contributed by atoms with Crippen LogP contribution in [-0.4, -0.2) is 35.7 Å². The van der Waals surface area contributed by atoms with E-state index < -0.39 is 0 Å². The van der Waals surface area contributed by atoms with E-state index in [2.05, 4.69) is 22.0 Å². The maximum absolute atomic E-state index is 12.1. The number of aromatic nitrogens is 1. The van der Waals surface area contributed by atoms with Crippen molar-refractivity contribution in [1.29, 1.82) is 0 Å². The SMILES string of the molecule is C.CCOC(=O)N1CCC(=C2c3cc(N)c(Cl)cc3CCc3cc(Br)cnc32)CC1. The Labute approximate surface area is 191 Å². The highest BCUT2D eigenvalue weighted by Gasteiger charge is 2.27. The molecule has 0 bridgehead atoms. The van der Waals surface area contributed by atoms with Crippen molar-refractivity contribution >= 4 is 44.9 Å². The van der Waals surface area contributed by atoms with Crippen LogP contribution in [0, 0.1) is 0 Å². The van der Waals surface area contributed by atoms with Crippen molar-refractivity contribution < 1.29 is 9.53 Å². The third kappa shape index (κ3) is 4.35. The standard InChI is InChI=1S/C22H23BrClN3O2.CH4/c1-2-29-22(28)27-7-5-13(6-8-27)20-17-11-19(25)18(24)10-14(17)3-4-15-9-16(23)12-26-21(15)20;/h9-12H,2-8,25H2,1H3;1H4. The van der Waals surface area contributed by atoms with Gasteiger partial charge in [-0.05, 0) is 83.4 Å². The van der Waals surface area contributed by atoms with Crippen molar-refractivity contribution in [2.24, 2.45) is 0 Å². The van der Waals surface area contributed by atoms with E-state index >= 15 is 0 Å². The Balaban J connectivity index is 0.00000256. The van der Waals surface area contributed by atoms with Crippen LogP contribution in [0.5, 0.6) is 0 Å². The van der Waals surface area contributed by atoms with Crippen LogP contribution < -0.4 is 5.73 Å². The number of aryl methyl sites for hydroxylation is 2. The number of nitrogen functional groups attached to an aromatic ring is 1. The Morgan fingerprint density at radius 2 is 1.90 bits per heavy atom. The molecule has 2 heterocycles. The zero-order chi connectivity index (χ0) is 20.5. The van der Waals surface area contributed by atoms with Crippen molar-refractivity contribution in [3.8, 4) is 0 Å². The van der Waals surface area contributed by atoms with Gasteiger partial charge in [0.2, 0.25) is 0 Å². The Morgan fingerprint density at radius 3 is 2.60 bits per heavy atom. The van der Waals surface area contributed by atoms with Crippen LogP contribution in [0.1, 0.15) is 49.6 Å². The van der Waals surface area contributed by atoms with Crippen LogP contribution in [0.25, 0.3) is 5.57 Å². The number of pyridine rings is 1. The van der Waals surface area contributed by atoms with E-state index in [1.165, 1.54) is 16.7 Å². The molecular formula is C23H27BrClN3O2. The number of benzene rings is 1. The highest BCUT2D eigenvalue weighted by molar-refractivity contribution is 9.10. The minimum atomic E-state index is -0.240. The van der Waals surface area contributed by atoms with Crippen molar-refractivity contribution in [2.75, 3.05) is 25.4 Å². The van der Waals surface area contributed by atoms with Crippen molar-refractivity contribution in [1.82, 2.24) is 9.88 Å². The number of carbonyl (C=O) groups excluding carboxylic acids is 1. The fourth-order valence-electron chi connectivity index (χ4n) is 4.15. The number of nitrogens with zero attached hydrogens (tertiary/aromatic N) is 2. The van der Waals surface area contributed by atoms with Gasteiger partial charge in [-0.15, -0.1) is 0 Å². The number of likely N-dealkylation sites (tertiary alicyclic amines) is 1. The number of amides is 1. The molecule has 1 aromatic carbocycles. The highest BCUT2D eigenvalue weighted by Crippen LogP contribution is 2.40. The molecule has 0 unspecified atom stereocenters. The molecule has 5 nitrogen and oxygen atoms in total. The summed E-state index contributed by atoms with van der Waals surface area (Å²) in [6, 6.07) is 6.12. The number of anilines is 1. The van der Waals surface area contributed by atoms with E-state index in [1.54, 1.807) is 4.90 Å². The van der Waals surface area contributed by atoms with Crippen LogP contribution in [0.4, 0.5) is 10.5 Å². The van der Waals surface area contributed by atoms with Gasteiger partial charge in [0.25, 0.3) is 0 Å². The molecule has 0 radical (unpaired) electrons. The van der Waals surface area contributed by atoms with E-state index in [0.717, 1.165) is 47.0 Å². The molecule has 7 heteroatoms. The van der Waals surface area contributed by atoms with Crippen molar-refractivity contribution in [2.45, 2.75) is 40.0 Å². The number of hydrogen-bond acceptors (Lipinski definition) is 4. The zero-order valence-corrected chi connectivity index (χ0v) is 18.6. The number of hydrogen-bond donors (Lipinski definition) is 1. The predicted octanol–water partition coefficient (Wildman–Crippen LogP) is 5.87. The zero-order valence-electron chi connectivity index (χ0n) is 16.3. The third-order valence-corrected chi connectivity index (χ3v) is 6.33. The number of rotatable bonds is 1. The number of piperidine rings is 1. The average Bonchev–Trinajstić information content (AvgIpc) is 2.85. The van der Waals surface area contributed by atoms with Crippen LogP contribution in [0.15, 0.2) is 34.4 Å². The molecule has 0 atom stereocenters. The summed E-state index contributed by atoms with van der Waals surface area (Å²) in [4.78, 5) is 18.7. The fraction of sp³-hybridized carbons (Fsp3) is 0.391. The molecule has 1 aliphatic heterocycles. The van der Waals surface area contributed by atoms with Crippen LogP contribution in [0.2, 0.25) is 5.02 Å². The van der Waals surface area contributed by atoms with Gasteiger partial charge in [0, 0.05) is 29.3 Å². The average molecular weight is 493 g/mol. The van der Waals surface area contributed by atoms with Gasteiger partial charge in [0.15, 0.2) is 0 Å². The molecule has 2 N–H and O–H groups in total. The summed E-state index contributed by atoms with van der Waals surface area (Å²) in [6.45, 7) is 3.50. The molecule has 2 aliphatic rings. The molecule has 30 heavy (non-hydrogen) atoms. The first-order chi connectivity index (χ1) is 14.0. The first kappa shape index (κ1) is 22.6. The van der Waals surface area contributed by atoms with Crippen LogP contribution in [0.3, 0.4) is 0 Å². The summed E-state index contributed by atoms with van der Waals surface area (Å²) < 4.78 is 6.13. The molecule has 160 valence electrons. The highest BCUT2D eigenvalue weighted by atomic mass is 79.9. The van der Waals surface area contributed by atoms with E-state index in [0.29, 0.717) is 30.4 Å². The lowest BCUT2D eigenvalue weighted by Gasteiger charge is -2.29. The first-order valence-electron chi connectivity index (χ1n) is 9.84. The third-order valence-electron chi connectivity index (χ3n) is 5.57. The first-order valence-corrected chi connectivity index (χ1v) is 11.0. The van der Waals surface area contributed by atoms with Crippen molar-refractivity contribution in [3.05, 3.63) is 61.8 Å². The Morgan fingerprint density at radius 1 is 1.20 bits per heavy atom. The number of carbonyl (C=O) groups is 1. The second-order valence-electron chi connectivity index (χ2n) is 7.36. The summed E-state index contributed by atoms with van der Waals surface area (Å²) in [5.74, 6) is 0. The van der Waals surface area contributed by atoms with E-state index in [9.17, 15) is 4.79 Å². The van der Waals surface area contributed by atoms with Crippen LogP contribution >= 0.6 is 27.5 Å². The molecule has 4 rings (SSSR count). The molecule has 1 aromatic heterocycles. The second-order valence-corrected chi connectivity index (χ2v) is 8.68. The van der Waals surface area contributed by atoms with Gasteiger partial charge in [0.05, 0.1) is 23.0 Å². The maximum Gasteiger partial charge on any atom is 0.409 e. The topological polar surface area (TPSA) is 68.5 Å². The molecule has 1 fully saturated rings. The van der Waals surface area contributed by atoms with Gasteiger partial charge >= 0.3 is 6.09 Å². The van der Waals surface area contributed by atoms with E-state index in [-0.39, 0.29) is 13.5 Å². The lowest BCUT2D eigenvalue weighted by Crippen LogP contribution is -2.37. The lowest BCUT2D eigenvalue weighted by atomic mass is 9.88. The van der Waals surface area contributed by atoms with Crippen molar-refractivity contribution in [3.63, 3.8) is 0 Å². The largest absolute Gasteiger partial charge is 0.450 e. The van der Waals surface area contributed by atoms with E-state index in [4.69, 9.17) is 27.1 Å². The molecule has 1 saturated heterocycles. The molecule has 1 aliphatic carbocycles. The maximum atomic E-state index is 12.1. The number of halogens is 2. The van der Waals surface area contributed by atoms with Gasteiger partial charge in [-0.25, -0.2) is 4.79 Å². The second kappa shape index (κ2) is 9.40. The number of ether oxygens (including phenoxy) is 1. The predicted molar refractivity (Wildman–Crippen MR) is 126 cm³/mol. The summed E-state index contributed by atoms with van der Waals surface area (Å²) in [5.41, 5.74) is 13.7. The summed E-state index contributed by atoms with van der Waals surface area (Å²) in [5, 5.41) is 0.588. The summed E-state index contributed by atoms with van der Waals surface area (Å²) >= 11 is 9.88. The number of nitrogens with two attached hydrogens (primary N) is 1. The van der Waals surface area contributed by atoms with Gasteiger partial charge in [-0.2, -0.15) is 0 Å². The molecule has 2 aromatic rings. The van der Waals surface area contributed by atoms with Crippen LogP contribution in [-0.2, 0) is 17.6 Å². The lowest BCUT2D eigenvalue weighted by molar-refractivity contribution is 0.104. The Hall–Kier alpha value is -2.05. The fourth-order valence-corrected chi connectivity index (χ4v) is 4.71. The molecular weight excluding hydrogens is 466 g/mol. The number of fused-ring (bicyclic) bond motifs is 2. The Kier molecular flexibility index (Phi) is 7.09. The van der Waals surface area contributed by atoms with Gasteiger partial charge in [-0.1, -0.05) is 24.6 Å². The van der Waals surface area contributed by atoms with E-state index in [1.807, 2.05) is 25.3 Å². The summed E-state index contributed by atoms with van der Waals surface area (Å²) in [6.07, 6.45) is 4.95. The summed E-state index contributed by atoms with van der Waals surface area (Å²) in [7, 11) is 0. The minimum absolute atomic E-state index is 0.